The largest absolute Gasteiger partial charge is 0.497 e. The maximum atomic E-state index is 12.9. The molecule has 0 bridgehead atoms. The predicted molar refractivity (Wildman–Crippen MR) is 91.1 cm³/mol. The van der Waals surface area contributed by atoms with Crippen LogP contribution in [0.2, 0.25) is 0 Å². The average molecular weight is 348 g/mol. The van der Waals surface area contributed by atoms with Crippen LogP contribution in [0.15, 0.2) is 18.2 Å². The van der Waals surface area contributed by atoms with Crippen molar-refractivity contribution >= 4 is 12.0 Å². The lowest BCUT2D eigenvalue weighted by Crippen LogP contribution is -2.58. The molecular formula is C18H24N2O5. The van der Waals surface area contributed by atoms with Crippen LogP contribution in [0.3, 0.4) is 0 Å². The van der Waals surface area contributed by atoms with Crippen molar-refractivity contribution in [2.75, 3.05) is 33.4 Å². The van der Waals surface area contributed by atoms with Crippen LogP contribution in [0.5, 0.6) is 11.5 Å². The van der Waals surface area contributed by atoms with Gasteiger partial charge in [0.2, 0.25) is 0 Å². The molecule has 1 atom stereocenters. The van der Waals surface area contributed by atoms with E-state index < -0.39 is 5.60 Å². The molecule has 0 N–H and O–H groups in total. The van der Waals surface area contributed by atoms with Gasteiger partial charge in [0.15, 0.2) is 0 Å². The number of benzene rings is 1. The molecule has 2 amide bonds. The van der Waals surface area contributed by atoms with Crippen LogP contribution in [0.1, 0.15) is 31.1 Å². The number of piperazine rings is 1. The lowest BCUT2D eigenvalue weighted by atomic mass is 10.1. The molecule has 2 aliphatic rings. The van der Waals surface area contributed by atoms with Crippen LogP contribution in [-0.2, 0) is 4.74 Å². The summed E-state index contributed by atoms with van der Waals surface area (Å²) in [5.74, 6) is 1.06. The van der Waals surface area contributed by atoms with Crippen molar-refractivity contribution in [3.05, 3.63) is 23.8 Å². The Morgan fingerprint density at radius 1 is 1.28 bits per heavy atom. The van der Waals surface area contributed by atoms with Crippen molar-refractivity contribution in [3.8, 4) is 11.5 Å². The van der Waals surface area contributed by atoms with E-state index in [0.29, 0.717) is 43.3 Å². The molecule has 3 rings (SSSR count). The van der Waals surface area contributed by atoms with E-state index in [1.807, 2.05) is 20.8 Å². The van der Waals surface area contributed by atoms with Gasteiger partial charge in [-0.15, -0.1) is 0 Å². The Kier molecular flexibility index (Phi) is 4.49. The summed E-state index contributed by atoms with van der Waals surface area (Å²) in [6.45, 7) is 7.13. The SMILES string of the molecule is COc1ccc2c(c1)C(=O)N1CCN(C(=O)OC(C)(C)C)CC1CO2. The summed E-state index contributed by atoms with van der Waals surface area (Å²) < 4.78 is 16.5. The van der Waals surface area contributed by atoms with Gasteiger partial charge in [-0.3, -0.25) is 4.79 Å². The molecule has 25 heavy (non-hydrogen) atoms. The molecule has 136 valence electrons. The lowest BCUT2D eigenvalue weighted by molar-refractivity contribution is 0.000952. The number of hydrogen-bond donors (Lipinski definition) is 0. The third-order valence-corrected chi connectivity index (χ3v) is 4.24. The Morgan fingerprint density at radius 3 is 2.72 bits per heavy atom. The second kappa shape index (κ2) is 6.46. The summed E-state index contributed by atoms with van der Waals surface area (Å²) in [6, 6.07) is 5.01. The minimum Gasteiger partial charge on any atom is -0.497 e. The maximum absolute atomic E-state index is 12.9. The van der Waals surface area contributed by atoms with Gasteiger partial charge in [-0.1, -0.05) is 0 Å². The first kappa shape index (κ1) is 17.4. The Morgan fingerprint density at radius 2 is 2.04 bits per heavy atom. The summed E-state index contributed by atoms with van der Waals surface area (Å²) in [4.78, 5) is 28.6. The number of hydrogen-bond acceptors (Lipinski definition) is 5. The van der Waals surface area contributed by atoms with Crippen molar-refractivity contribution in [2.45, 2.75) is 32.4 Å². The summed E-state index contributed by atoms with van der Waals surface area (Å²) in [6.07, 6.45) is -0.358. The van der Waals surface area contributed by atoms with Gasteiger partial charge in [0.05, 0.1) is 18.7 Å². The molecule has 0 aromatic heterocycles. The van der Waals surface area contributed by atoms with Crippen LogP contribution in [-0.4, -0.2) is 66.8 Å². The van der Waals surface area contributed by atoms with E-state index in [-0.39, 0.29) is 18.0 Å². The Hall–Kier alpha value is -2.44. The van der Waals surface area contributed by atoms with E-state index in [0.717, 1.165) is 0 Å². The van der Waals surface area contributed by atoms with E-state index in [1.54, 1.807) is 35.1 Å². The van der Waals surface area contributed by atoms with E-state index in [1.165, 1.54) is 0 Å². The number of carbonyl (C=O) groups is 2. The third kappa shape index (κ3) is 3.65. The standard InChI is InChI=1S/C18H24N2O5/c1-18(2,3)25-17(22)19-7-8-20-12(10-19)11-24-15-6-5-13(23-4)9-14(15)16(20)21/h5-6,9,12H,7-8,10-11H2,1-4H3. The maximum Gasteiger partial charge on any atom is 0.410 e. The number of carbonyl (C=O) groups excluding carboxylic acids is 2. The first-order valence-corrected chi connectivity index (χ1v) is 8.38. The molecule has 0 aliphatic carbocycles. The predicted octanol–water partition coefficient (Wildman–Crippen LogP) is 2.15. The lowest BCUT2D eigenvalue weighted by Gasteiger charge is -2.40. The molecule has 1 aromatic carbocycles. The molecule has 2 aliphatic heterocycles. The molecule has 1 aromatic rings. The van der Waals surface area contributed by atoms with Gasteiger partial charge in [-0.05, 0) is 39.0 Å². The van der Waals surface area contributed by atoms with Crippen molar-refractivity contribution in [1.29, 1.82) is 0 Å². The Balaban J connectivity index is 1.76. The number of methoxy groups -OCH3 is 1. The van der Waals surface area contributed by atoms with Gasteiger partial charge >= 0.3 is 6.09 Å². The van der Waals surface area contributed by atoms with Gasteiger partial charge in [0, 0.05) is 19.6 Å². The molecular weight excluding hydrogens is 324 g/mol. The van der Waals surface area contributed by atoms with Gasteiger partial charge in [-0.2, -0.15) is 0 Å². The zero-order valence-corrected chi connectivity index (χ0v) is 15.1. The summed E-state index contributed by atoms with van der Waals surface area (Å²) in [5.41, 5.74) is -0.0517. The van der Waals surface area contributed by atoms with Gasteiger partial charge in [-0.25, -0.2) is 4.79 Å². The molecule has 0 saturated carbocycles. The molecule has 1 saturated heterocycles. The first-order valence-electron chi connectivity index (χ1n) is 8.38. The Labute approximate surface area is 147 Å². The fourth-order valence-corrected chi connectivity index (χ4v) is 3.03. The number of fused-ring (bicyclic) bond motifs is 2. The summed E-state index contributed by atoms with van der Waals surface area (Å²) in [7, 11) is 1.56. The van der Waals surface area contributed by atoms with Crippen LogP contribution in [0.25, 0.3) is 0 Å². The van der Waals surface area contributed by atoms with Crippen molar-refractivity contribution in [2.24, 2.45) is 0 Å². The molecule has 1 unspecified atom stereocenters. The number of rotatable bonds is 1. The van der Waals surface area contributed by atoms with E-state index in [4.69, 9.17) is 14.2 Å². The highest BCUT2D eigenvalue weighted by Gasteiger charge is 2.38. The highest BCUT2D eigenvalue weighted by atomic mass is 16.6. The van der Waals surface area contributed by atoms with Crippen molar-refractivity contribution in [3.63, 3.8) is 0 Å². The minimum absolute atomic E-state index is 0.0970. The molecule has 1 fully saturated rings. The second-order valence-electron chi connectivity index (χ2n) is 7.25. The van der Waals surface area contributed by atoms with E-state index in [2.05, 4.69) is 0 Å². The van der Waals surface area contributed by atoms with Crippen molar-refractivity contribution in [1.82, 2.24) is 9.80 Å². The van der Waals surface area contributed by atoms with Gasteiger partial charge in [0.25, 0.3) is 5.91 Å². The fourth-order valence-electron chi connectivity index (χ4n) is 3.03. The van der Waals surface area contributed by atoms with Crippen molar-refractivity contribution < 1.29 is 23.8 Å². The minimum atomic E-state index is -0.545. The van der Waals surface area contributed by atoms with Gasteiger partial charge < -0.3 is 24.0 Å². The summed E-state index contributed by atoms with van der Waals surface area (Å²) >= 11 is 0. The average Bonchev–Trinajstić information content (AvgIpc) is 2.70. The molecule has 2 heterocycles. The number of ether oxygens (including phenoxy) is 3. The Bertz CT molecular complexity index is 683. The zero-order chi connectivity index (χ0) is 18.2. The van der Waals surface area contributed by atoms with Gasteiger partial charge in [0.1, 0.15) is 23.7 Å². The smallest absolute Gasteiger partial charge is 0.410 e. The van der Waals surface area contributed by atoms with E-state index >= 15 is 0 Å². The summed E-state index contributed by atoms with van der Waals surface area (Å²) in [5, 5.41) is 0. The monoisotopic (exact) mass is 348 g/mol. The van der Waals surface area contributed by atoms with Crippen LogP contribution < -0.4 is 9.47 Å². The third-order valence-electron chi connectivity index (χ3n) is 4.24. The molecule has 7 nitrogen and oxygen atoms in total. The second-order valence-corrected chi connectivity index (χ2v) is 7.25. The molecule has 7 heteroatoms. The quantitative estimate of drug-likeness (QED) is 0.778. The van der Waals surface area contributed by atoms with E-state index in [9.17, 15) is 9.59 Å². The van der Waals surface area contributed by atoms with Crippen LogP contribution >= 0.6 is 0 Å². The van der Waals surface area contributed by atoms with Crippen LogP contribution in [0.4, 0.5) is 4.79 Å². The highest BCUT2D eigenvalue weighted by Crippen LogP contribution is 2.30. The number of amides is 2. The molecule has 0 spiro atoms. The normalized spacial score (nSPS) is 20.2. The zero-order valence-electron chi connectivity index (χ0n) is 15.1. The fraction of sp³-hybridized carbons (Fsp3) is 0.556. The van der Waals surface area contributed by atoms with Crippen LogP contribution in [0, 0.1) is 0 Å². The highest BCUT2D eigenvalue weighted by molar-refractivity contribution is 5.98. The first-order chi connectivity index (χ1) is 11.8. The molecule has 0 radical (unpaired) electrons. The number of nitrogens with zero attached hydrogens (tertiary/aromatic N) is 2. The topological polar surface area (TPSA) is 68.3 Å².